The molecular weight excluding hydrogens is 555 g/mol. The largest absolute Gasteiger partial charge is 0.480 e. The van der Waals surface area contributed by atoms with Crippen LogP contribution >= 0.6 is 0 Å². The molecule has 0 unspecified atom stereocenters. The minimum absolute atomic E-state index is 0.0518. The predicted octanol–water partition coefficient (Wildman–Crippen LogP) is 4.67. The monoisotopic (exact) mass is 598 g/mol. The van der Waals surface area contributed by atoms with Crippen LogP contribution in [0.3, 0.4) is 0 Å². The molecule has 43 heavy (non-hydrogen) atoms. The molecule has 2 fully saturated rings. The summed E-state index contributed by atoms with van der Waals surface area (Å²) in [7, 11) is 1.62. The number of amides is 4. The molecule has 11 nitrogen and oxygen atoms in total. The molecule has 0 bridgehead atoms. The van der Waals surface area contributed by atoms with Gasteiger partial charge in [0.05, 0.1) is 5.69 Å². The van der Waals surface area contributed by atoms with E-state index in [1.165, 1.54) is 23.1 Å². The summed E-state index contributed by atoms with van der Waals surface area (Å²) in [6.45, 7) is 5.42. The van der Waals surface area contributed by atoms with Crippen molar-refractivity contribution in [3.8, 4) is 0 Å². The maximum Gasteiger partial charge on any atom is 0.326 e. The van der Waals surface area contributed by atoms with Crippen molar-refractivity contribution in [3.63, 3.8) is 0 Å². The minimum atomic E-state index is -1.28. The third-order valence-corrected chi connectivity index (χ3v) is 8.57. The number of aromatic nitrogens is 2. The van der Waals surface area contributed by atoms with Crippen LogP contribution in [-0.2, 0) is 9.59 Å². The Bertz CT molecular complexity index is 1320. The van der Waals surface area contributed by atoms with Crippen molar-refractivity contribution in [2.24, 2.45) is 5.92 Å². The highest BCUT2D eigenvalue weighted by atomic mass is 19.1. The van der Waals surface area contributed by atoms with E-state index in [1.54, 1.807) is 30.9 Å². The molecule has 2 aliphatic rings. The molecule has 1 aromatic carbocycles. The molecule has 1 aromatic heterocycles. The number of carboxylic acids is 1. The maximum atomic E-state index is 15.4. The number of urea groups is 1. The number of anilines is 1. The Morgan fingerprint density at radius 1 is 1.00 bits per heavy atom. The SMILES string of the molecule is CC(C)n1nccc1C(=O)N[C@H](C(=O)Nc1ccc([C@H](C)[C@@H](NC(=O)N(C)C2CC2)C(=O)O)cc1F)C1CCCCCC1. The fourth-order valence-electron chi connectivity index (χ4n) is 5.74. The smallest absolute Gasteiger partial charge is 0.326 e. The van der Waals surface area contributed by atoms with Crippen molar-refractivity contribution in [2.45, 2.75) is 102 Å². The molecule has 4 amide bonds. The van der Waals surface area contributed by atoms with Crippen LogP contribution in [0.25, 0.3) is 0 Å². The van der Waals surface area contributed by atoms with Crippen LogP contribution in [0.2, 0.25) is 0 Å². The van der Waals surface area contributed by atoms with Gasteiger partial charge in [-0.05, 0) is 69.2 Å². The Morgan fingerprint density at radius 2 is 1.67 bits per heavy atom. The van der Waals surface area contributed by atoms with Gasteiger partial charge in [-0.25, -0.2) is 14.0 Å². The zero-order chi connectivity index (χ0) is 31.3. The molecule has 2 aliphatic carbocycles. The molecule has 4 N–H and O–H groups in total. The van der Waals surface area contributed by atoms with Crippen LogP contribution in [0.4, 0.5) is 14.9 Å². The van der Waals surface area contributed by atoms with Crippen molar-refractivity contribution in [1.82, 2.24) is 25.3 Å². The number of carboxylic acid groups (broad SMARTS) is 1. The fraction of sp³-hybridized carbons (Fsp3) is 0.581. The minimum Gasteiger partial charge on any atom is -0.480 e. The number of hydrogen-bond acceptors (Lipinski definition) is 5. The van der Waals surface area contributed by atoms with E-state index in [4.69, 9.17) is 0 Å². The topological polar surface area (TPSA) is 146 Å². The van der Waals surface area contributed by atoms with Crippen molar-refractivity contribution in [2.75, 3.05) is 12.4 Å². The molecule has 2 aromatic rings. The summed E-state index contributed by atoms with van der Waals surface area (Å²) in [5.74, 6) is -3.78. The van der Waals surface area contributed by atoms with Crippen LogP contribution < -0.4 is 16.0 Å². The average molecular weight is 599 g/mol. The molecule has 12 heteroatoms. The second kappa shape index (κ2) is 14.0. The van der Waals surface area contributed by atoms with Gasteiger partial charge in [0, 0.05) is 31.2 Å². The zero-order valence-electron chi connectivity index (χ0n) is 25.3. The molecule has 3 atom stereocenters. The molecule has 0 aliphatic heterocycles. The van der Waals surface area contributed by atoms with Gasteiger partial charge in [0.25, 0.3) is 5.91 Å². The first-order valence-electron chi connectivity index (χ1n) is 15.2. The Kier molecular flexibility index (Phi) is 10.4. The molecule has 0 saturated heterocycles. The van der Waals surface area contributed by atoms with Gasteiger partial charge in [0.1, 0.15) is 23.6 Å². The van der Waals surface area contributed by atoms with Crippen LogP contribution in [0.15, 0.2) is 30.5 Å². The van der Waals surface area contributed by atoms with Crippen molar-refractivity contribution in [1.29, 1.82) is 0 Å². The lowest BCUT2D eigenvalue weighted by molar-refractivity contribution is -0.139. The quantitative estimate of drug-likeness (QED) is 0.277. The van der Waals surface area contributed by atoms with E-state index in [9.17, 15) is 24.3 Å². The number of benzene rings is 1. The number of carbonyl (C=O) groups is 4. The van der Waals surface area contributed by atoms with E-state index in [0.717, 1.165) is 51.4 Å². The third-order valence-electron chi connectivity index (χ3n) is 8.57. The highest BCUT2D eigenvalue weighted by molar-refractivity contribution is 6.00. The summed E-state index contributed by atoms with van der Waals surface area (Å²) in [5, 5.41) is 22.1. The molecule has 2 saturated carbocycles. The Hall–Kier alpha value is -3.96. The lowest BCUT2D eigenvalue weighted by Gasteiger charge is -2.27. The molecule has 0 spiro atoms. The van der Waals surface area contributed by atoms with Crippen molar-refractivity contribution < 1.29 is 28.7 Å². The van der Waals surface area contributed by atoms with Gasteiger partial charge >= 0.3 is 12.0 Å². The van der Waals surface area contributed by atoms with Gasteiger partial charge in [-0.3, -0.25) is 14.3 Å². The molecule has 1 heterocycles. The van der Waals surface area contributed by atoms with Gasteiger partial charge in [0.15, 0.2) is 0 Å². The van der Waals surface area contributed by atoms with Gasteiger partial charge in [-0.2, -0.15) is 5.10 Å². The average Bonchev–Trinajstić information content (AvgIpc) is 3.75. The van der Waals surface area contributed by atoms with E-state index >= 15 is 4.39 Å². The normalized spacial score (nSPS) is 17.8. The van der Waals surface area contributed by atoms with Gasteiger partial charge in [0.2, 0.25) is 5.91 Å². The first-order chi connectivity index (χ1) is 20.5. The van der Waals surface area contributed by atoms with Crippen LogP contribution in [0.1, 0.15) is 100 Å². The summed E-state index contributed by atoms with van der Waals surface area (Å²) < 4.78 is 17.0. The van der Waals surface area contributed by atoms with Crippen molar-refractivity contribution >= 4 is 29.5 Å². The standard InChI is InChI=1S/C31H43FN6O5/c1-18(2)38-25(15-16-33-38)28(39)35-27(20-9-7-5-6-8-10-20)29(40)34-24-14-11-21(17-23(24)32)19(3)26(30(41)42)36-31(43)37(4)22-12-13-22/h11,14-20,22,26-27H,5-10,12-13H2,1-4H3,(H,34,40)(H,35,39)(H,36,43)(H,41,42)/t19-,26+,27-/m0/s1. The molecule has 234 valence electrons. The Labute approximate surface area is 251 Å². The van der Waals surface area contributed by atoms with Gasteiger partial charge in [-0.15, -0.1) is 0 Å². The lowest BCUT2D eigenvalue weighted by Crippen LogP contribution is -2.49. The number of nitrogens with zero attached hydrogens (tertiary/aromatic N) is 3. The third kappa shape index (κ3) is 7.91. The molecule has 0 radical (unpaired) electrons. The van der Waals surface area contributed by atoms with E-state index in [0.29, 0.717) is 11.3 Å². The van der Waals surface area contributed by atoms with Crippen LogP contribution in [-0.4, -0.2) is 68.8 Å². The van der Waals surface area contributed by atoms with E-state index in [-0.39, 0.29) is 23.7 Å². The summed E-state index contributed by atoms with van der Waals surface area (Å²) in [6, 6.07) is 3.11. The number of carbonyl (C=O) groups excluding carboxylic acids is 3. The Morgan fingerprint density at radius 3 is 2.26 bits per heavy atom. The number of rotatable bonds is 11. The number of aliphatic carboxylic acids is 1. The number of halogens is 1. The first-order valence-corrected chi connectivity index (χ1v) is 15.2. The highest BCUT2D eigenvalue weighted by Gasteiger charge is 2.35. The first kappa shape index (κ1) is 32.0. The summed E-state index contributed by atoms with van der Waals surface area (Å²) >= 11 is 0. The van der Waals surface area contributed by atoms with Crippen LogP contribution in [0.5, 0.6) is 0 Å². The highest BCUT2D eigenvalue weighted by Crippen LogP contribution is 2.29. The van der Waals surface area contributed by atoms with Crippen LogP contribution in [0, 0.1) is 11.7 Å². The second-order valence-electron chi connectivity index (χ2n) is 12.1. The molecule has 4 rings (SSSR count). The summed E-state index contributed by atoms with van der Waals surface area (Å²) in [5.41, 5.74) is 0.618. The predicted molar refractivity (Wildman–Crippen MR) is 159 cm³/mol. The van der Waals surface area contributed by atoms with Crippen molar-refractivity contribution in [3.05, 3.63) is 47.5 Å². The van der Waals surface area contributed by atoms with E-state index < -0.39 is 47.6 Å². The fourth-order valence-corrected chi connectivity index (χ4v) is 5.74. The number of hydrogen-bond donors (Lipinski definition) is 4. The maximum absolute atomic E-state index is 15.4. The Balaban J connectivity index is 1.50. The zero-order valence-corrected chi connectivity index (χ0v) is 25.3. The van der Waals surface area contributed by atoms with Gasteiger partial charge in [-0.1, -0.05) is 38.7 Å². The summed E-state index contributed by atoms with van der Waals surface area (Å²) in [6.07, 6.45) is 8.81. The second-order valence-corrected chi connectivity index (χ2v) is 12.1. The number of nitrogens with one attached hydrogen (secondary N) is 3. The lowest BCUT2D eigenvalue weighted by atomic mass is 9.90. The van der Waals surface area contributed by atoms with Gasteiger partial charge < -0.3 is 26.0 Å². The van der Waals surface area contributed by atoms with E-state index in [2.05, 4.69) is 21.0 Å². The molecular formula is C31H43FN6O5. The summed E-state index contributed by atoms with van der Waals surface area (Å²) in [4.78, 5) is 52.9. The van der Waals surface area contributed by atoms with E-state index in [1.807, 2.05) is 13.8 Å².